The number of carboxylic acids is 1. The summed E-state index contributed by atoms with van der Waals surface area (Å²) in [4.78, 5) is 13.5. The third-order valence-electron chi connectivity index (χ3n) is 5.51. The van der Waals surface area contributed by atoms with Crippen LogP contribution >= 0.6 is 0 Å². The third-order valence-corrected chi connectivity index (χ3v) is 5.51. The first-order valence-electron chi connectivity index (χ1n) is 7.82. The molecule has 0 spiro atoms. The molecule has 6 heteroatoms. The second kappa shape index (κ2) is 6.15. The number of aliphatic carboxylic acids is 1. The molecular formula is C15H24F3NO2. The van der Waals surface area contributed by atoms with Crippen LogP contribution in [0.4, 0.5) is 13.2 Å². The van der Waals surface area contributed by atoms with E-state index in [4.69, 9.17) is 0 Å². The van der Waals surface area contributed by atoms with E-state index in [0.717, 1.165) is 6.42 Å². The van der Waals surface area contributed by atoms with Gasteiger partial charge in [-0.25, -0.2) is 0 Å². The number of carboxylic acid groups (broad SMARTS) is 1. The van der Waals surface area contributed by atoms with Gasteiger partial charge in [0.2, 0.25) is 0 Å². The molecule has 2 aliphatic rings. The van der Waals surface area contributed by atoms with Crippen LogP contribution in [0.5, 0.6) is 0 Å². The molecule has 1 aliphatic carbocycles. The van der Waals surface area contributed by atoms with Crippen molar-refractivity contribution in [2.75, 3.05) is 13.1 Å². The summed E-state index contributed by atoms with van der Waals surface area (Å²) >= 11 is 0. The molecule has 1 N–H and O–H groups in total. The molecule has 1 saturated heterocycles. The summed E-state index contributed by atoms with van der Waals surface area (Å²) < 4.78 is 38.6. The first kappa shape index (κ1) is 16.6. The van der Waals surface area contributed by atoms with Gasteiger partial charge in [0.15, 0.2) is 0 Å². The largest absolute Gasteiger partial charge is 0.481 e. The minimum Gasteiger partial charge on any atom is -0.481 e. The summed E-state index contributed by atoms with van der Waals surface area (Å²) in [5.74, 6) is -1.95. The van der Waals surface area contributed by atoms with Crippen molar-refractivity contribution in [3.63, 3.8) is 0 Å². The lowest BCUT2D eigenvalue weighted by molar-refractivity contribution is -0.187. The van der Waals surface area contributed by atoms with Crippen molar-refractivity contribution in [1.82, 2.24) is 4.90 Å². The Kier molecular flexibility index (Phi) is 4.85. The molecule has 122 valence electrons. The smallest absolute Gasteiger partial charge is 0.391 e. The quantitative estimate of drug-likeness (QED) is 0.864. The molecule has 1 aliphatic heterocycles. The van der Waals surface area contributed by atoms with Crippen molar-refractivity contribution in [2.45, 2.75) is 64.1 Å². The standard InChI is InChI=1S/C15H24F3NO2/c1-2-14(13(20)21)6-8-19(9-7-14)12-5-3-4-11(10-12)15(16,17)18/h11-12H,2-10H2,1H3,(H,20,21). The fourth-order valence-corrected chi connectivity index (χ4v) is 3.83. The summed E-state index contributed by atoms with van der Waals surface area (Å²) in [6, 6.07) is -0.0333. The Morgan fingerprint density at radius 1 is 1.29 bits per heavy atom. The highest BCUT2D eigenvalue weighted by molar-refractivity contribution is 5.74. The van der Waals surface area contributed by atoms with E-state index in [-0.39, 0.29) is 18.9 Å². The Morgan fingerprint density at radius 2 is 1.90 bits per heavy atom. The minimum absolute atomic E-state index is 0.0333. The van der Waals surface area contributed by atoms with Gasteiger partial charge in [0, 0.05) is 6.04 Å². The van der Waals surface area contributed by atoms with Crippen molar-refractivity contribution in [3.05, 3.63) is 0 Å². The maximum absolute atomic E-state index is 12.9. The molecule has 2 atom stereocenters. The maximum atomic E-state index is 12.9. The number of halogens is 3. The lowest BCUT2D eigenvalue weighted by Crippen LogP contribution is -2.49. The lowest BCUT2D eigenvalue weighted by atomic mass is 9.75. The Morgan fingerprint density at radius 3 is 2.38 bits per heavy atom. The Labute approximate surface area is 123 Å². The van der Waals surface area contributed by atoms with Crippen LogP contribution < -0.4 is 0 Å². The molecule has 0 amide bonds. The predicted octanol–water partition coefficient (Wildman–Crippen LogP) is 3.68. The normalized spacial score (nSPS) is 31.0. The van der Waals surface area contributed by atoms with Crippen molar-refractivity contribution >= 4 is 5.97 Å². The molecule has 0 aromatic rings. The van der Waals surface area contributed by atoms with Gasteiger partial charge in [0.25, 0.3) is 0 Å². The molecule has 2 rings (SSSR count). The molecule has 2 unspecified atom stereocenters. The highest BCUT2D eigenvalue weighted by atomic mass is 19.4. The fourth-order valence-electron chi connectivity index (χ4n) is 3.83. The summed E-state index contributed by atoms with van der Waals surface area (Å²) in [5, 5.41) is 9.37. The zero-order valence-corrected chi connectivity index (χ0v) is 12.5. The number of nitrogens with zero attached hydrogens (tertiary/aromatic N) is 1. The third kappa shape index (κ3) is 3.52. The predicted molar refractivity (Wildman–Crippen MR) is 73.0 cm³/mol. The topological polar surface area (TPSA) is 40.5 Å². The van der Waals surface area contributed by atoms with E-state index in [1.807, 2.05) is 6.92 Å². The first-order chi connectivity index (χ1) is 9.78. The second-order valence-electron chi connectivity index (χ2n) is 6.53. The highest BCUT2D eigenvalue weighted by Gasteiger charge is 2.45. The number of alkyl halides is 3. The summed E-state index contributed by atoms with van der Waals surface area (Å²) in [6.45, 7) is 3.09. The van der Waals surface area contributed by atoms with Crippen molar-refractivity contribution in [3.8, 4) is 0 Å². The van der Waals surface area contributed by atoms with E-state index in [2.05, 4.69) is 4.90 Å². The van der Waals surface area contributed by atoms with Crippen LogP contribution in [0.15, 0.2) is 0 Å². The molecular weight excluding hydrogens is 283 g/mol. The van der Waals surface area contributed by atoms with Gasteiger partial charge in [-0.1, -0.05) is 13.3 Å². The van der Waals surface area contributed by atoms with Gasteiger partial charge < -0.3 is 10.0 Å². The molecule has 2 fully saturated rings. The Hall–Kier alpha value is -0.780. The molecule has 0 aromatic heterocycles. The van der Waals surface area contributed by atoms with Crippen LogP contribution in [0.2, 0.25) is 0 Å². The Balaban J connectivity index is 1.94. The summed E-state index contributed by atoms with van der Waals surface area (Å²) in [6.07, 6.45) is -0.577. The molecule has 0 radical (unpaired) electrons. The van der Waals surface area contributed by atoms with E-state index in [1.54, 1.807) is 0 Å². The van der Waals surface area contributed by atoms with E-state index in [0.29, 0.717) is 38.8 Å². The van der Waals surface area contributed by atoms with Crippen molar-refractivity contribution in [2.24, 2.45) is 11.3 Å². The molecule has 0 aromatic carbocycles. The number of piperidine rings is 1. The molecule has 1 heterocycles. The zero-order chi connectivity index (χ0) is 15.7. The number of carbonyl (C=O) groups is 1. The van der Waals surface area contributed by atoms with E-state index >= 15 is 0 Å². The number of hydrogen-bond donors (Lipinski definition) is 1. The van der Waals surface area contributed by atoms with Gasteiger partial charge in [0.05, 0.1) is 11.3 Å². The Bertz CT molecular complexity index is 376. The van der Waals surface area contributed by atoms with E-state index in [1.165, 1.54) is 0 Å². The van der Waals surface area contributed by atoms with Crippen LogP contribution in [0, 0.1) is 11.3 Å². The number of hydrogen-bond acceptors (Lipinski definition) is 2. The molecule has 0 bridgehead atoms. The van der Waals surface area contributed by atoms with Gasteiger partial charge in [-0.15, -0.1) is 0 Å². The van der Waals surface area contributed by atoms with Crippen molar-refractivity contribution < 1.29 is 23.1 Å². The van der Waals surface area contributed by atoms with Crippen LogP contribution in [-0.4, -0.2) is 41.3 Å². The molecule has 3 nitrogen and oxygen atoms in total. The van der Waals surface area contributed by atoms with E-state index < -0.39 is 23.5 Å². The van der Waals surface area contributed by atoms with E-state index in [9.17, 15) is 23.1 Å². The van der Waals surface area contributed by atoms with Crippen LogP contribution in [0.1, 0.15) is 51.9 Å². The fraction of sp³-hybridized carbons (Fsp3) is 0.933. The average Bonchev–Trinajstić information content (AvgIpc) is 2.46. The maximum Gasteiger partial charge on any atom is 0.391 e. The van der Waals surface area contributed by atoms with Gasteiger partial charge in [-0.05, 0) is 51.6 Å². The lowest BCUT2D eigenvalue weighted by Gasteiger charge is -2.44. The molecule has 1 saturated carbocycles. The number of rotatable bonds is 3. The minimum atomic E-state index is -4.09. The number of likely N-dealkylation sites (tertiary alicyclic amines) is 1. The summed E-state index contributed by atoms with van der Waals surface area (Å²) in [5.41, 5.74) is -0.672. The van der Waals surface area contributed by atoms with Gasteiger partial charge in [-0.3, -0.25) is 4.79 Å². The van der Waals surface area contributed by atoms with Gasteiger partial charge in [0.1, 0.15) is 0 Å². The summed E-state index contributed by atoms with van der Waals surface area (Å²) in [7, 11) is 0. The van der Waals surface area contributed by atoms with Crippen molar-refractivity contribution in [1.29, 1.82) is 0 Å². The van der Waals surface area contributed by atoms with Crippen LogP contribution in [0.25, 0.3) is 0 Å². The van der Waals surface area contributed by atoms with Crippen LogP contribution in [-0.2, 0) is 4.79 Å². The highest BCUT2D eigenvalue weighted by Crippen LogP contribution is 2.41. The monoisotopic (exact) mass is 307 g/mol. The van der Waals surface area contributed by atoms with Crippen LogP contribution in [0.3, 0.4) is 0 Å². The second-order valence-corrected chi connectivity index (χ2v) is 6.53. The van der Waals surface area contributed by atoms with Gasteiger partial charge in [-0.2, -0.15) is 13.2 Å². The molecule has 21 heavy (non-hydrogen) atoms. The SMILES string of the molecule is CCC1(C(=O)O)CCN(C2CCCC(C(F)(F)F)C2)CC1. The van der Waals surface area contributed by atoms with Gasteiger partial charge >= 0.3 is 12.1 Å². The average molecular weight is 307 g/mol. The first-order valence-corrected chi connectivity index (χ1v) is 7.82. The zero-order valence-electron chi connectivity index (χ0n) is 12.5.